The van der Waals surface area contributed by atoms with Crippen molar-refractivity contribution in [2.24, 2.45) is 0 Å². The number of ether oxygens (including phenoxy) is 1. The van der Waals surface area contributed by atoms with E-state index in [-0.39, 0.29) is 28.4 Å². The monoisotopic (exact) mass is 388 g/mol. The van der Waals surface area contributed by atoms with E-state index in [1.165, 1.54) is 12.1 Å². The lowest BCUT2D eigenvalue weighted by molar-refractivity contribution is -0.144. The minimum absolute atomic E-state index is 0.0660. The van der Waals surface area contributed by atoms with Crippen molar-refractivity contribution in [3.63, 3.8) is 0 Å². The Bertz CT molecular complexity index is 999. The smallest absolute Gasteiger partial charge is 0.381 e. The first-order valence-corrected chi connectivity index (χ1v) is 8.33. The summed E-state index contributed by atoms with van der Waals surface area (Å²) in [5.41, 5.74) is -2.27. The number of rotatable bonds is 1. The summed E-state index contributed by atoms with van der Waals surface area (Å²) in [6.45, 7) is 1.13. The van der Waals surface area contributed by atoms with E-state index in [9.17, 15) is 26.3 Å². The summed E-state index contributed by atoms with van der Waals surface area (Å²) in [6, 6.07) is 4.48. The molecule has 1 fully saturated rings. The van der Waals surface area contributed by atoms with Crippen molar-refractivity contribution < 1.29 is 31.1 Å². The Morgan fingerprint density at radius 3 is 2.30 bits per heavy atom. The van der Waals surface area contributed by atoms with Crippen molar-refractivity contribution in [2.45, 2.75) is 31.1 Å². The Kier molecular flexibility index (Phi) is 4.10. The predicted molar refractivity (Wildman–Crippen MR) is 86.4 cm³/mol. The highest BCUT2D eigenvalue weighted by Gasteiger charge is 2.39. The van der Waals surface area contributed by atoms with Gasteiger partial charge in [-0.1, -0.05) is 12.1 Å². The Morgan fingerprint density at radius 2 is 1.67 bits per heavy atom. The second-order valence-corrected chi connectivity index (χ2v) is 6.59. The lowest BCUT2D eigenvalue weighted by Gasteiger charge is -2.20. The maximum absolute atomic E-state index is 13.4. The summed E-state index contributed by atoms with van der Waals surface area (Å²) in [5, 5.41) is 0.173. The third-order valence-electron chi connectivity index (χ3n) is 4.85. The van der Waals surface area contributed by atoms with Crippen LogP contribution in [0.2, 0.25) is 0 Å². The molecule has 9 heteroatoms. The molecule has 0 bridgehead atoms. The van der Waals surface area contributed by atoms with E-state index in [2.05, 4.69) is 9.97 Å². The van der Waals surface area contributed by atoms with Gasteiger partial charge in [-0.25, -0.2) is 4.98 Å². The minimum Gasteiger partial charge on any atom is -0.381 e. The molecule has 0 unspecified atom stereocenters. The molecule has 0 spiro atoms. The van der Waals surface area contributed by atoms with Crippen LogP contribution in [0, 0.1) is 0 Å². The molecule has 0 amide bonds. The normalized spacial score (nSPS) is 17.1. The highest BCUT2D eigenvalue weighted by molar-refractivity contribution is 6.04. The summed E-state index contributed by atoms with van der Waals surface area (Å²) >= 11 is 0. The van der Waals surface area contributed by atoms with Gasteiger partial charge in [-0.15, -0.1) is 0 Å². The number of alkyl halides is 6. The standard InChI is InChI=1S/C18H14F6N2O/c19-17(20,21)12-8-14(18(22,23)24)26-16-11(12)2-1-10-7-13(25-15(10)16)9-3-5-27-6-4-9/h1-2,7-9,25H,3-6H2. The van der Waals surface area contributed by atoms with Crippen LogP contribution in [0.1, 0.15) is 35.7 Å². The molecule has 27 heavy (non-hydrogen) atoms. The summed E-state index contributed by atoms with van der Waals surface area (Å²) in [4.78, 5) is 6.54. The molecule has 2 aromatic heterocycles. The number of benzene rings is 1. The fourth-order valence-corrected chi connectivity index (χ4v) is 3.52. The Morgan fingerprint density at radius 1 is 0.963 bits per heavy atom. The Balaban J connectivity index is 1.98. The molecule has 0 atom stereocenters. The summed E-state index contributed by atoms with van der Waals surface area (Å²) in [6.07, 6.45) is -8.43. The molecule has 3 aromatic rings. The molecule has 3 heterocycles. The first kappa shape index (κ1) is 18.1. The topological polar surface area (TPSA) is 37.9 Å². The SMILES string of the molecule is FC(F)(F)c1cc(C(F)(F)F)c2ccc3cc(C4CCOCC4)[nH]c3c2n1. The minimum atomic E-state index is -4.98. The molecule has 4 rings (SSSR count). The molecule has 1 aromatic carbocycles. The number of pyridine rings is 1. The van der Waals surface area contributed by atoms with Crippen LogP contribution in [0.3, 0.4) is 0 Å². The molecule has 1 N–H and O–H groups in total. The lowest BCUT2D eigenvalue weighted by atomic mass is 9.97. The van der Waals surface area contributed by atoms with Crippen LogP contribution in [0.15, 0.2) is 24.3 Å². The second kappa shape index (κ2) is 6.12. The molecular weight excluding hydrogens is 374 g/mol. The average Bonchev–Trinajstić information content (AvgIpc) is 3.04. The number of aromatic amines is 1. The zero-order valence-corrected chi connectivity index (χ0v) is 13.8. The van der Waals surface area contributed by atoms with Gasteiger partial charge in [0.1, 0.15) is 5.69 Å². The van der Waals surface area contributed by atoms with Crippen LogP contribution in [-0.4, -0.2) is 23.2 Å². The zero-order valence-electron chi connectivity index (χ0n) is 13.8. The van der Waals surface area contributed by atoms with E-state index in [0.717, 1.165) is 18.5 Å². The Hall–Kier alpha value is -2.29. The summed E-state index contributed by atoms with van der Waals surface area (Å²) in [5.74, 6) is 0.120. The zero-order chi connectivity index (χ0) is 19.4. The number of H-pyrrole nitrogens is 1. The first-order valence-electron chi connectivity index (χ1n) is 8.33. The number of aromatic nitrogens is 2. The van der Waals surface area contributed by atoms with Gasteiger partial charge in [-0.05, 0) is 25.0 Å². The molecular formula is C18H14F6N2O. The van der Waals surface area contributed by atoms with Gasteiger partial charge in [-0.2, -0.15) is 26.3 Å². The molecule has 0 radical (unpaired) electrons. The van der Waals surface area contributed by atoms with E-state index >= 15 is 0 Å². The third kappa shape index (κ3) is 3.24. The maximum Gasteiger partial charge on any atom is 0.433 e. The van der Waals surface area contributed by atoms with E-state index in [1.54, 1.807) is 6.07 Å². The van der Waals surface area contributed by atoms with Crippen LogP contribution < -0.4 is 0 Å². The molecule has 3 nitrogen and oxygen atoms in total. The van der Waals surface area contributed by atoms with E-state index in [1.807, 2.05) is 0 Å². The average molecular weight is 388 g/mol. The van der Waals surface area contributed by atoms with Crippen molar-refractivity contribution >= 4 is 21.8 Å². The van der Waals surface area contributed by atoms with Gasteiger partial charge in [-0.3, -0.25) is 0 Å². The first-order chi connectivity index (χ1) is 12.6. The van der Waals surface area contributed by atoms with Crippen molar-refractivity contribution in [1.29, 1.82) is 0 Å². The van der Waals surface area contributed by atoms with Gasteiger partial charge in [0.05, 0.1) is 16.6 Å². The van der Waals surface area contributed by atoms with Crippen molar-refractivity contribution in [2.75, 3.05) is 13.2 Å². The largest absolute Gasteiger partial charge is 0.433 e. The molecule has 0 aliphatic carbocycles. The molecule has 0 saturated carbocycles. The quantitative estimate of drug-likeness (QED) is 0.547. The number of halogens is 6. The van der Waals surface area contributed by atoms with Crippen LogP contribution in [0.5, 0.6) is 0 Å². The number of nitrogens with one attached hydrogen (secondary N) is 1. The van der Waals surface area contributed by atoms with Crippen LogP contribution in [0.25, 0.3) is 21.8 Å². The second-order valence-electron chi connectivity index (χ2n) is 6.59. The van der Waals surface area contributed by atoms with E-state index in [0.29, 0.717) is 18.6 Å². The van der Waals surface area contributed by atoms with Gasteiger partial charge in [0, 0.05) is 35.6 Å². The molecule has 1 aliphatic heterocycles. The van der Waals surface area contributed by atoms with Gasteiger partial charge >= 0.3 is 12.4 Å². The highest BCUT2D eigenvalue weighted by Crippen LogP contribution is 2.40. The predicted octanol–water partition coefficient (Wildman–Crippen LogP) is 5.65. The van der Waals surface area contributed by atoms with Gasteiger partial charge in [0.2, 0.25) is 0 Å². The Labute approximate surface area is 149 Å². The van der Waals surface area contributed by atoms with Crippen molar-refractivity contribution in [3.05, 3.63) is 41.2 Å². The lowest BCUT2D eigenvalue weighted by Crippen LogP contribution is -2.14. The van der Waals surface area contributed by atoms with Crippen molar-refractivity contribution in [1.82, 2.24) is 9.97 Å². The van der Waals surface area contributed by atoms with Crippen molar-refractivity contribution in [3.8, 4) is 0 Å². The molecule has 144 valence electrons. The molecule has 1 saturated heterocycles. The van der Waals surface area contributed by atoms with Gasteiger partial charge in [0.15, 0.2) is 0 Å². The number of hydrogen-bond acceptors (Lipinski definition) is 2. The number of nitrogens with zero attached hydrogens (tertiary/aromatic N) is 1. The maximum atomic E-state index is 13.4. The molecule has 1 aliphatic rings. The van der Waals surface area contributed by atoms with Crippen LogP contribution in [0.4, 0.5) is 26.3 Å². The fourth-order valence-electron chi connectivity index (χ4n) is 3.52. The van der Waals surface area contributed by atoms with E-state index in [4.69, 9.17) is 4.74 Å². The highest BCUT2D eigenvalue weighted by atomic mass is 19.4. The summed E-state index contributed by atoms with van der Waals surface area (Å²) in [7, 11) is 0. The van der Waals surface area contributed by atoms with Crippen LogP contribution >= 0.6 is 0 Å². The van der Waals surface area contributed by atoms with Gasteiger partial charge in [0.25, 0.3) is 0 Å². The fraction of sp³-hybridized carbons (Fsp3) is 0.389. The number of hydrogen-bond donors (Lipinski definition) is 1. The summed E-state index contributed by atoms with van der Waals surface area (Å²) < 4.78 is 84.8. The van der Waals surface area contributed by atoms with Gasteiger partial charge < -0.3 is 9.72 Å². The number of fused-ring (bicyclic) bond motifs is 3. The van der Waals surface area contributed by atoms with E-state index < -0.39 is 23.6 Å². The van der Waals surface area contributed by atoms with Crippen LogP contribution in [-0.2, 0) is 17.1 Å². The third-order valence-corrected chi connectivity index (χ3v) is 4.85.